The third-order valence-electron chi connectivity index (χ3n) is 1.93. The Bertz CT molecular complexity index is 369. The fourth-order valence-electron chi connectivity index (χ4n) is 1.31. The fourth-order valence-corrected chi connectivity index (χ4v) is 1.45. The van der Waals surface area contributed by atoms with Gasteiger partial charge in [0.15, 0.2) is 5.96 Å². The predicted molar refractivity (Wildman–Crippen MR) is 76.5 cm³/mol. The van der Waals surface area contributed by atoms with Gasteiger partial charge in [-0.05, 0) is 39.8 Å². The van der Waals surface area contributed by atoms with E-state index >= 15 is 0 Å². The molecule has 0 bridgehead atoms. The van der Waals surface area contributed by atoms with Crippen molar-refractivity contribution in [2.45, 2.75) is 44.7 Å². The Hall–Kier alpha value is -1.29. The van der Waals surface area contributed by atoms with E-state index in [1.165, 1.54) is 0 Å². The van der Waals surface area contributed by atoms with Gasteiger partial charge in [0.25, 0.3) is 0 Å². The number of nitrogens with zero attached hydrogens (tertiary/aromatic N) is 1. The number of guanidine groups is 1. The highest BCUT2D eigenvalue weighted by Gasteiger charge is 2.02. The zero-order valence-electron chi connectivity index (χ0n) is 10.8. The fraction of sp³-hybridized carbons (Fsp3) is 0.462. The van der Waals surface area contributed by atoms with Crippen LogP contribution in [-0.4, -0.2) is 18.0 Å². The Balaban J connectivity index is 2.75. The van der Waals surface area contributed by atoms with E-state index in [1.54, 1.807) is 0 Å². The molecule has 0 unspecified atom stereocenters. The molecule has 0 saturated carbocycles. The van der Waals surface area contributed by atoms with Crippen molar-refractivity contribution in [2.24, 2.45) is 4.99 Å². The number of hydrogen-bond acceptors (Lipinski definition) is 2. The van der Waals surface area contributed by atoms with Crippen molar-refractivity contribution in [3.63, 3.8) is 0 Å². The van der Waals surface area contributed by atoms with E-state index in [4.69, 9.17) is 12.6 Å². The first-order valence-electron chi connectivity index (χ1n) is 5.86. The van der Waals surface area contributed by atoms with E-state index in [0.29, 0.717) is 6.04 Å². The molecule has 0 aliphatic carbocycles. The van der Waals surface area contributed by atoms with Crippen LogP contribution in [-0.2, 0) is 12.6 Å². The Morgan fingerprint density at radius 1 is 1.12 bits per heavy atom. The number of anilines is 1. The molecule has 0 spiro atoms. The van der Waals surface area contributed by atoms with E-state index in [-0.39, 0.29) is 6.04 Å². The van der Waals surface area contributed by atoms with Crippen LogP contribution < -0.4 is 10.6 Å². The van der Waals surface area contributed by atoms with Crippen molar-refractivity contribution in [1.29, 1.82) is 0 Å². The Labute approximate surface area is 109 Å². The molecule has 0 aliphatic heterocycles. The molecule has 2 N–H and O–H groups in total. The molecule has 0 aromatic heterocycles. The number of benzene rings is 1. The van der Waals surface area contributed by atoms with Gasteiger partial charge >= 0.3 is 0 Å². The van der Waals surface area contributed by atoms with Gasteiger partial charge in [-0.15, -0.1) is 0 Å². The maximum absolute atomic E-state index is 5.05. The molecule has 4 heteroatoms. The van der Waals surface area contributed by atoms with Crippen molar-refractivity contribution in [2.75, 3.05) is 5.32 Å². The first-order valence-corrected chi connectivity index (χ1v) is 6.26. The molecule has 17 heavy (non-hydrogen) atoms. The minimum absolute atomic E-state index is 0.252. The van der Waals surface area contributed by atoms with Gasteiger partial charge in [-0.3, -0.25) is 4.99 Å². The third-order valence-corrected chi connectivity index (χ3v) is 2.20. The van der Waals surface area contributed by atoms with Crippen LogP contribution in [0.2, 0.25) is 0 Å². The van der Waals surface area contributed by atoms with Gasteiger partial charge in [-0.1, -0.05) is 12.1 Å². The summed E-state index contributed by atoms with van der Waals surface area (Å²) in [6.07, 6.45) is 0. The summed E-state index contributed by atoms with van der Waals surface area (Å²) in [5.41, 5.74) is 0.992. The summed E-state index contributed by atoms with van der Waals surface area (Å²) in [7, 11) is 0. The predicted octanol–water partition coefficient (Wildman–Crippen LogP) is 2.77. The second-order valence-corrected chi connectivity index (χ2v) is 4.99. The molecule has 0 fully saturated rings. The molecule has 0 saturated heterocycles. The molecule has 1 aromatic rings. The minimum atomic E-state index is 0.252. The second kappa shape index (κ2) is 6.45. The van der Waals surface area contributed by atoms with Gasteiger partial charge in [0.1, 0.15) is 0 Å². The van der Waals surface area contributed by atoms with Gasteiger partial charge in [-0.25, -0.2) is 0 Å². The lowest BCUT2D eigenvalue weighted by molar-refractivity contribution is 0.717. The second-order valence-electron chi connectivity index (χ2n) is 4.52. The first-order chi connectivity index (χ1) is 7.97. The van der Waals surface area contributed by atoms with Crippen molar-refractivity contribution in [3.8, 4) is 0 Å². The lowest BCUT2D eigenvalue weighted by Crippen LogP contribution is -2.36. The molecule has 3 nitrogen and oxygen atoms in total. The van der Waals surface area contributed by atoms with E-state index < -0.39 is 0 Å². The van der Waals surface area contributed by atoms with Crippen LogP contribution in [0.3, 0.4) is 0 Å². The summed E-state index contributed by atoms with van der Waals surface area (Å²) in [6.45, 7) is 8.28. The van der Waals surface area contributed by atoms with Crippen molar-refractivity contribution >= 4 is 24.3 Å². The van der Waals surface area contributed by atoms with Crippen LogP contribution >= 0.6 is 0 Å². The summed E-state index contributed by atoms with van der Waals surface area (Å²) in [5.74, 6) is 0.798. The molecule has 1 rings (SSSR count). The van der Waals surface area contributed by atoms with Crippen LogP contribution in [0.4, 0.5) is 5.69 Å². The third kappa shape index (κ3) is 5.54. The summed E-state index contributed by atoms with van der Waals surface area (Å²) in [4.78, 5) is 5.35. The Morgan fingerprint density at radius 2 is 1.71 bits per heavy atom. The molecule has 0 atom stereocenters. The van der Waals surface area contributed by atoms with E-state index in [9.17, 15) is 0 Å². The molecular formula is C13H20N3S-. The zero-order chi connectivity index (χ0) is 12.8. The lowest BCUT2D eigenvalue weighted by atomic mass is 10.3. The monoisotopic (exact) mass is 250 g/mol. The van der Waals surface area contributed by atoms with Gasteiger partial charge < -0.3 is 23.3 Å². The normalized spacial score (nSPS) is 12.0. The van der Waals surface area contributed by atoms with Crippen molar-refractivity contribution in [1.82, 2.24) is 5.32 Å². The van der Waals surface area contributed by atoms with Gasteiger partial charge in [0.2, 0.25) is 0 Å². The number of aliphatic imine (C=N–C) groups is 1. The lowest BCUT2D eigenvalue weighted by Gasteiger charge is -2.16. The van der Waals surface area contributed by atoms with Gasteiger partial charge in [0.05, 0.1) is 0 Å². The van der Waals surface area contributed by atoms with E-state index in [1.807, 2.05) is 24.3 Å². The molecule has 0 amide bonds. The van der Waals surface area contributed by atoms with Crippen LogP contribution in [0.25, 0.3) is 0 Å². The standard InChI is InChI=1S/C13H21N3S/c1-9(2)14-13(15-10(3)4)16-11-5-7-12(17)8-6-11/h5-10,17H,1-4H3,(H2,14,15,16)/p-1. The molecule has 0 aliphatic rings. The molecule has 0 radical (unpaired) electrons. The zero-order valence-corrected chi connectivity index (χ0v) is 11.6. The highest BCUT2D eigenvalue weighted by molar-refractivity contribution is 7.58. The van der Waals surface area contributed by atoms with Crippen LogP contribution in [0.5, 0.6) is 0 Å². The SMILES string of the molecule is CC(C)N=C(Nc1ccc([S-])cc1)NC(C)C. The van der Waals surface area contributed by atoms with E-state index in [2.05, 4.69) is 43.3 Å². The van der Waals surface area contributed by atoms with Crippen molar-refractivity contribution in [3.05, 3.63) is 24.3 Å². The summed E-state index contributed by atoms with van der Waals surface area (Å²) in [5, 5.41) is 6.55. The quantitative estimate of drug-likeness (QED) is 0.492. The van der Waals surface area contributed by atoms with Gasteiger partial charge in [-0.2, -0.15) is 4.90 Å². The Morgan fingerprint density at radius 3 is 2.18 bits per heavy atom. The molecule has 0 heterocycles. The maximum Gasteiger partial charge on any atom is 0.196 e. The highest BCUT2D eigenvalue weighted by Crippen LogP contribution is 2.09. The number of nitrogens with one attached hydrogen (secondary N) is 2. The minimum Gasteiger partial charge on any atom is -0.780 e. The van der Waals surface area contributed by atoms with Crippen LogP contribution in [0, 0.1) is 0 Å². The first kappa shape index (κ1) is 13.8. The highest BCUT2D eigenvalue weighted by atomic mass is 32.1. The van der Waals surface area contributed by atoms with E-state index in [0.717, 1.165) is 16.5 Å². The number of rotatable bonds is 3. The van der Waals surface area contributed by atoms with Gasteiger partial charge in [0, 0.05) is 17.8 Å². The summed E-state index contributed by atoms with van der Waals surface area (Å²) in [6, 6.07) is 8.32. The average molecular weight is 250 g/mol. The van der Waals surface area contributed by atoms with Crippen molar-refractivity contribution < 1.29 is 0 Å². The summed E-state index contributed by atoms with van der Waals surface area (Å²) >= 11 is 5.05. The number of hydrogen-bond donors (Lipinski definition) is 2. The molecule has 94 valence electrons. The summed E-state index contributed by atoms with van der Waals surface area (Å²) < 4.78 is 0. The topological polar surface area (TPSA) is 36.4 Å². The Kier molecular flexibility index (Phi) is 5.22. The average Bonchev–Trinajstić information content (AvgIpc) is 2.19. The molecular weight excluding hydrogens is 230 g/mol. The maximum atomic E-state index is 5.05. The molecule has 1 aromatic carbocycles. The van der Waals surface area contributed by atoms with Crippen LogP contribution in [0.1, 0.15) is 27.7 Å². The van der Waals surface area contributed by atoms with Crippen LogP contribution in [0.15, 0.2) is 34.2 Å². The smallest absolute Gasteiger partial charge is 0.196 e. The largest absolute Gasteiger partial charge is 0.780 e.